The summed E-state index contributed by atoms with van der Waals surface area (Å²) in [4.78, 5) is 16.6. The van der Waals surface area contributed by atoms with E-state index in [0.717, 1.165) is 31.5 Å². The van der Waals surface area contributed by atoms with Crippen LogP contribution in [-0.2, 0) is 11.3 Å². The van der Waals surface area contributed by atoms with E-state index >= 15 is 0 Å². The molecule has 1 aromatic carbocycles. The maximum absolute atomic E-state index is 13.9. The molecule has 5 atom stereocenters. The van der Waals surface area contributed by atoms with Crippen molar-refractivity contribution in [3.05, 3.63) is 35.9 Å². The number of hydrogen-bond donors (Lipinski definition) is 2. The molecule has 0 radical (unpaired) electrons. The molecule has 3 heterocycles. The van der Waals surface area contributed by atoms with Gasteiger partial charge in [-0.15, -0.1) is 0 Å². The van der Waals surface area contributed by atoms with Gasteiger partial charge in [0.1, 0.15) is 5.54 Å². The summed E-state index contributed by atoms with van der Waals surface area (Å²) in [5.41, 5.74) is 0.791. The topological polar surface area (TPSA) is 44.4 Å². The van der Waals surface area contributed by atoms with Gasteiger partial charge in [0.15, 0.2) is 0 Å². The van der Waals surface area contributed by atoms with E-state index in [1.807, 2.05) is 6.07 Å². The van der Waals surface area contributed by atoms with E-state index in [0.29, 0.717) is 30.3 Å². The van der Waals surface area contributed by atoms with Crippen molar-refractivity contribution < 1.29 is 4.79 Å². The van der Waals surface area contributed by atoms with Gasteiger partial charge < -0.3 is 10.6 Å². The molecule has 4 heteroatoms. The number of benzene rings is 1. The summed E-state index contributed by atoms with van der Waals surface area (Å²) < 4.78 is 0. The number of rotatable bonds is 7. The number of carbonyl (C=O) groups is 1. The first-order valence-electron chi connectivity index (χ1n) is 12.9. The molecule has 0 spiro atoms. The maximum Gasteiger partial charge on any atom is 0.242 e. The van der Waals surface area contributed by atoms with Crippen LogP contribution in [0.4, 0.5) is 0 Å². The van der Waals surface area contributed by atoms with Gasteiger partial charge in [0, 0.05) is 31.6 Å². The Morgan fingerprint density at radius 2 is 1.97 bits per heavy atom. The molecular weight excluding hydrogens is 382 g/mol. The summed E-state index contributed by atoms with van der Waals surface area (Å²) >= 11 is 0. The van der Waals surface area contributed by atoms with E-state index < -0.39 is 5.54 Å². The lowest BCUT2D eigenvalue weighted by atomic mass is 9.57. The molecule has 5 fully saturated rings. The molecule has 6 rings (SSSR count). The minimum atomic E-state index is -0.391. The zero-order valence-electron chi connectivity index (χ0n) is 19.5. The molecule has 4 bridgehead atoms. The van der Waals surface area contributed by atoms with Gasteiger partial charge in [0.2, 0.25) is 5.91 Å². The van der Waals surface area contributed by atoms with Gasteiger partial charge >= 0.3 is 0 Å². The van der Waals surface area contributed by atoms with Crippen LogP contribution >= 0.6 is 0 Å². The first-order valence-corrected chi connectivity index (χ1v) is 12.9. The molecule has 2 aliphatic carbocycles. The van der Waals surface area contributed by atoms with Crippen molar-refractivity contribution in [2.45, 2.75) is 76.9 Å². The average molecular weight is 424 g/mol. The van der Waals surface area contributed by atoms with Crippen LogP contribution in [0.5, 0.6) is 0 Å². The number of nitrogens with one attached hydrogen (secondary N) is 2. The zero-order chi connectivity index (χ0) is 21.4. The monoisotopic (exact) mass is 423 g/mol. The van der Waals surface area contributed by atoms with Crippen LogP contribution < -0.4 is 10.6 Å². The van der Waals surface area contributed by atoms with E-state index in [4.69, 9.17) is 0 Å². The highest BCUT2D eigenvalue weighted by Crippen LogP contribution is 2.54. The summed E-state index contributed by atoms with van der Waals surface area (Å²) in [7, 11) is 0. The number of amides is 1. The van der Waals surface area contributed by atoms with Gasteiger partial charge in [-0.05, 0) is 48.6 Å². The molecule has 2 N–H and O–H groups in total. The first kappa shape index (κ1) is 21.5. The van der Waals surface area contributed by atoms with Crippen molar-refractivity contribution in [2.24, 2.45) is 29.6 Å². The Hall–Kier alpha value is -1.39. The number of nitrogens with zero attached hydrogens (tertiary/aromatic N) is 1. The molecule has 170 valence electrons. The van der Waals surface area contributed by atoms with Gasteiger partial charge in [0.25, 0.3) is 0 Å². The molecule has 5 aliphatic rings. The maximum atomic E-state index is 13.9. The normalized spacial score (nSPS) is 35.6. The minimum Gasteiger partial charge on any atom is -0.350 e. The molecule has 31 heavy (non-hydrogen) atoms. The predicted octanol–water partition coefficient (Wildman–Crippen LogP) is 4.21. The fourth-order valence-electron chi connectivity index (χ4n) is 7.63. The minimum absolute atomic E-state index is 0.254. The Kier molecular flexibility index (Phi) is 6.13. The van der Waals surface area contributed by atoms with Crippen LogP contribution in [0.1, 0.15) is 64.4 Å². The number of piperidine rings is 2. The third-order valence-corrected chi connectivity index (χ3v) is 8.82. The quantitative estimate of drug-likeness (QED) is 0.691. The van der Waals surface area contributed by atoms with E-state index in [-0.39, 0.29) is 5.91 Å². The summed E-state index contributed by atoms with van der Waals surface area (Å²) in [6.07, 6.45) is 9.62. The summed E-state index contributed by atoms with van der Waals surface area (Å²) in [5.74, 6) is 3.64. The Labute approximate surface area is 188 Å². The second kappa shape index (κ2) is 8.86. The Bertz CT molecular complexity index is 759. The van der Waals surface area contributed by atoms with Crippen LogP contribution in [0, 0.1) is 29.6 Å². The lowest BCUT2D eigenvalue weighted by Crippen LogP contribution is -2.76. The molecule has 3 saturated heterocycles. The number of carbonyl (C=O) groups excluding carboxylic acids is 1. The largest absolute Gasteiger partial charge is 0.350 e. The van der Waals surface area contributed by atoms with Crippen LogP contribution in [0.25, 0.3) is 0 Å². The van der Waals surface area contributed by atoms with Crippen molar-refractivity contribution in [1.82, 2.24) is 15.5 Å². The molecular formula is C27H41N3O. The zero-order valence-corrected chi connectivity index (χ0v) is 19.5. The van der Waals surface area contributed by atoms with E-state index in [2.05, 4.69) is 53.6 Å². The lowest BCUT2D eigenvalue weighted by molar-refractivity contribution is -0.139. The van der Waals surface area contributed by atoms with Gasteiger partial charge in [0.05, 0.1) is 0 Å². The summed E-state index contributed by atoms with van der Waals surface area (Å²) in [5, 5.41) is 7.20. The summed E-state index contributed by atoms with van der Waals surface area (Å²) in [6.45, 7) is 8.51. The second-order valence-corrected chi connectivity index (χ2v) is 11.3. The molecule has 0 aromatic heterocycles. The third-order valence-electron chi connectivity index (χ3n) is 8.82. The van der Waals surface area contributed by atoms with Crippen molar-refractivity contribution in [2.75, 3.05) is 19.6 Å². The lowest BCUT2D eigenvalue weighted by Gasteiger charge is -2.56. The molecule has 4 nitrogen and oxygen atoms in total. The van der Waals surface area contributed by atoms with Crippen LogP contribution in [0.15, 0.2) is 30.3 Å². The van der Waals surface area contributed by atoms with Gasteiger partial charge in [-0.2, -0.15) is 0 Å². The molecule has 2 saturated carbocycles. The number of hydrogen-bond acceptors (Lipinski definition) is 3. The Balaban J connectivity index is 1.39. The highest BCUT2D eigenvalue weighted by Gasteiger charge is 2.67. The SMILES string of the molecule is CC(C)CN1CC2CC3CNC2(C(=O)NCc2ccccc2)C1C3CC1CCCCC1. The third kappa shape index (κ3) is 3.95. The van der Waals surface area contributed by atoms with Gasteiger partial charge in [-0.25, -0.2) is 0 Å². The predicted molar refractivity (Wildman–Crippen MR) is 126 cm³/mol. The van der Waals surface area contributed by atoms with Crippen molar-refractivity contribution in [3.8, 4) is 0 Å². The fraction of sp³-hybridized carbons (Fsp3) is 0.741. The van der Waals surface area contributed by atoms with Gasteiger partial charge in [-0.1, -0.05) is 76.3 Å². The first-order chi connectivity index (χ1) is 15.1. The van der Waals surface area contributed by atoms with Crippen molar-refractivity contribution >= 4 is 5.91 Å². The number of likely N-dealkylation sites (tertiary alicyclic amines) is 1. The van der Waals surface area contributed by atoms with E-state index in [1.54, 1.807) is 0 Å². The molecule has 1 aromatic rings. The van der Waals surface area contributed by atoms with E-state index in [9.17, 15) is 4.79 Å². The summed E-state index contributed by atoms with van der Waals surface area (Å²) in [6, 6.07) is 10.7. The van der Waals surface area contributed by atoms with Crippen molar-refractivity contribution in [1.29, 1.82) is 0 Å². The second-order valence-electron chi connectivity index (χ2n) is 11.3. The van der Waals surface area contributed by atoms with Crippen LogP contribution in [-0.4, -0.2) is 42.0 Å². The molecule has 3 aliphatic heterocycles. The highest BCUT2D eigenvalue weighted by molar-refractivity contribution is 5.89. The van der Waals surface area contributed by atoms with Crippen molar-refractivity contribution in [3.63, 3.8) is 0 Å². The standard InChI is InChI=1S/C27H41N3O/c1-19(2)17-30-18-23-14-22-16-29-27(23,26(31)28-15-21-11-7-4-8-12-21)25(30)24(22)13-20-9-5-3-6-10-20/h4,7-8,11-12,19-20,22-25,29H,3,5-6,9-10,13-18H2,1-2H3,(H,28,31). The number of fused-ring (bicyclic) bond motifs is 1. The Morgan fingerprint density at radius 1 is 1.19 bits per heavy atom. The van der Waals surface area contributed by atoms with Crippen LogP contribution in [0.2, 0.25) is 0 Å². The molecule has 5 unspecified atom stereocenters. The smallest absolute Gasteiger partial charge is 0.242 e. The highest BCUT2D eigenvalue weighted by atomic mass is 16.2. The molecule has 1 amide bonds. The Morgan fingerprint density at radius 3 is 2.71 bits per heavy atom. The van der Waals surface area contributed by atoms with Crippen LogP contribution in [0.3, 0.4) is 0 Å². The van der Waals surface area contributed by atoms with Gasteiger partial charge in [-0.3, -0.25) is 9.69 Å². The fourth-order valence-corrected chi connectivity index (χ4v) is 7.63. The average Bonchev–Trinajstić information content (AvgIpc) is 3.04. The van der Waals surface area contributed by atoms with E-state index in [1.165, 1.54) is 50.5 Å².